The van der Waals surface area contributed by atoms with Crippen molar-refractivity contribution in [2.75, 3.05) is 5.32 Å². The summed E-state index contributed by atoms with van der Waals surface area (Å²) in [6.07, 6.45) is 1.87. The number of hydrazine groups is 1. The predicted molar refractivity (Wildman–Crippen MR) is 83.1 cm³/mol. The summed E-state index contributed by atoms with van der Waals surface area (Å²) in [5.74, 6) is 0. The van der Waals surface area contributed by atoms with Crippen LogP contribution in [0.15, 0.2) is 54.6 Å². The SMILES string of the molecule is Cc1cccc(C=[NH+]NC(=S)Nc2ccccc2)c1. The lowest BCUT2D eigenvalue weighted by molar-refractivity contribution is -0.499. The molecule has 2 aromatic carbocycles. The van der Waals surface area contributed by atoms with Crippen molar-refractivity contribution in [3.8, 4) is 0 Å². The molecule has 0 fully saturated rings. The van der Waals surface area contributed by atoms with E-state index in [1.165, 1.54) is 5.56 Å². The second kappa shape index (κ2) is 6.66. The highest BCUT2D eigenvalue weighted by Crippen LogP contribution is 2.03. The molecule has 0 aromatic heterocycles. The van der Waals surface area contributed by atoms with Crippen molar-refractivity contribution in [2.24, 2.45) is 0 Å². The summed E-state index contributed by atoms with van der Waals surface area (Å²) in [6, 6.07) is 18.0. The number of hydrogen-bond donors (Lipinski definition) is 3. The molecule has 0 atom stereocenters. The van der Waals surface area contributed by atoms with Crippen molar-refractivity contribution < 1.29 is 5.10 Å². The van der Waals surface area contributed by atoms with Crippen LogP contribution in [-0.4, -0.2) is 11.3 Å². The van der Waals surface area contributed by atoms with E-state index in [0.717, 1.165) is 11.3 Å². The van der Waals surface area contributed by atoms with E-state index in [-0.39, 0.29) is 0 Å². The first-order valence-corrected chi connectivity index (χ1v) is 6.42. The lowest BCUT2D eigenvalue weighted by atomic mass is 10.2. The zero-order chi connectivity index (χ0) is 13.5. The van der Waals surface area contributed by atoms with E-state index < -0.39 is 0 Å². The van der Waals surface area contributed by atoms with Crippen molar-refractivity contribution >= 4 is 29.2 Å². The minimum absolute atomic E-state index is 0.523. The van der Waals surface area contributed by atoms with Crippen molar-refractivity contribution in [3.05, 3.63) is 65.7 Å². The Hall–Kier alpha value is -2.20. The van der Waals surface area contributed by atoms with Gasteiger partial charge in [-0.1, -0.05) is 35.9 Å². The zero-order valence-corrected chi connectivity index (χ0v) is 11.5. The number of benzene rings is 2. The number of aryl methyl sites for hydroxylation is 1. The zero-order valence-electron chi connectivity index (χ0n) is 10.7. The van der Waals surface area contributed by atoms with E-state index >= 15 is 0 Å². The van der Waals surface area contributed by atoms with Crippen LogP contribution in [0.3, 0.4) is 0 Å². The summed E-state index contributed by atoms with van der Waals surface area (Å²) < 4.78 is 0. The molecular formula is C15H16N3S+. The van der Waals surface area contributed by atoms with Crippen LogP contribution in [0.1, 0.15) is 11.1 Å². The Morgan fingerprint density at radius 1 is 1.11 bits per heavy atom. The fraction of sp³-hybridized carbons (Fsp3) is 0.0667. The molecule has 3 nitrogen and oxygen atoms in total. The van der Waals surface area contributed by atoms with E-state index in [4.69, 9.17) is 12.2 Å². The van der Waals surface area contributed by atoms with Crippen LogP contribution in [0.4, 0.5) is 5.69 Å². The number of nitrogens with one attached hydrogen (secondary N) is 3. The molecule has 0 heterocycles. The Kier molecular flexibility index (Phi) is 4.64. The molecule has 2 aromatic rings. The summed E-state index contributed by atoms with van der Waals surface area (Å²) >= 11 is 5.17. The lowest BCUT2D eigenvalue weighted by Crippen LogP contribution is -2.82. The minimum atomic E-state index is 0.523. The van der Waals surface area contributed by atoms with Gasteiger partial charge in [0.1, 0.15) is 0 Å². The first kappa shape index (κ1) is 13.2. The van der Waals surface area contributed by atoms with Crippen LogP contribution >= 0.6 is 12.2 Å². The molecule has 0 bridgehead atoms. The Labute approximate surface area is 118 Å². The second-order valence-electron chi connectivity index (χ2n) is 4.15. The maximum Gasteiger partial charge on any atom is 0.228 e. The highest BCUT2D eigenvalue weighted by molar-refractivity contribution is 7.80. The highest BCUT2D eigenvalue weighted by atomic mass is 32.1. The van der Waals surface area contributed by atoms with Gasteiger partial charge in [-0.3, -0.25) is 0 Å². The molecule has 19 heavy (non-hydrogen) atoms. The van der Waals surface area contributed by atoms with Gasteiger partial charge in [-0.15, -0.1) is 10.5 Å². The van der Waals surface area contributed by atoms with Gasteiger partial charge in [-0.2, -0.15) is 0 Å². The average Bonchev–Trinajstić information content (AvgIpc) is 2.40. The molecule has 0 aliphatic rings. The van der Waals surface area contributed by atoms with Crippen molar-refractivity contribution in [2.45, 2.75) is 6.92 Å². The van der Waals surface area contributed by atoms with Crippen molar-refractivity contribution in [3.63, 3.8) is 0 Å². The molecule has 0 radical (unpaired) electrons. The van der Waals surface area contributed by atoms with Gasteiger partial charge < -0.3 is 5.32 Å². The third-order valence-corrected chi connectivity index (χ3v) is 2.70. The fourth-order valence-corrected chi connectivity index (χ4v) is 1.81. The predicted octanol–water partition coefficient (Wildman–Crippen LogP) is 1.40. The number of hydrazone groups is 1. The van der Waals surface area contributed by atoms with Crippen LogP contribution in [0.5, 0.6) is 0 Å². The van der Waals surface area contributed by atoms with Crippen LogP contribution in [0.25, 0.3) is 0 Å². The lowest BCUT2D eigenvalue weighted by Gasteiger charge is -2.03. The number of hydrogen-bond acceptors (Lipinski definition) is 1. The Bertz CT molecular complexity index is 579. The average molecular weight is 270 g/mol. The summed E-state index contributed by atoms with van der Waals surface area (Å²) in [5.41, 5.74) is 6.19. The van der Waals surface area contributed by atoms with Gasteiger partial charge in [0.25, 0.3) is 0 Å². The molecule has 0 amide bonds. The molecule has 0 saturated carbocycles. The smallest absolute Gasteiger partial charge is 0.228 e. The molecule has 0 aliphatic heterocycles. The number of para-hydroxylation sites is 1. The van der Waals surface area contributed by atoms with E-state index in [1.807, 2.05) is 48.7 Å². The topological polar surface area (TPSA) is 38.0 Å². The van der Waals surface area contributed by atoms with E-state index in [2.05, 4.69) is 34.9 Å². The molecule has 3 N–H and O–H groups in total. The van der Waals surface area contributed by atoms with E-state index in [0.29, 0.717) is 5.11 Å². The summed E-state index contributed by atoms with van der Waals surface area (Å²) in [5, 5.41) is 6.57. The van der Waals surface area contributed by atoms with Crippen LogP contribution < -0.4 is 15.8 Å². The maximum absolute atomic E-state index is 5.17. The van der Waals surface area contributed by atoms with Gasteiger partial charge in [0, 0.05) is 11.3 Å². The Morgan fingerprint density at radius 3 is 2.63 bits per heavy atom. The Balaban J connectivity index is 1.87. The summed E-state index contributed by atoms with van der Waals surface area (Å²) in [6.45, 7) is 2.06. The quantitative estimate of drug-likeness (QED) is 0.448. The third kappa shape index (κ3) is 4.52. The largest absolute Gasteiger partial charge is 0.328 e. The van der Waals surface area contributed by atoms with Gasteiger partial charge in [-0.05, 0) is 43.4 Å². The molecule has 4 heteroatoms. The number of rotatable bonds is 3. The molecular weight excluding hydrogens is 254 g/mol. The van der Waals surface area contributed by atoms with Crippen LogP contribution in [0, 0.1) is 6.92 Å². The highest BCUT2D eigenvalue weighted by Gasteiger charge is 1.97. The van der Waals surface area contributed by atoms with Crippen molar-refractivity contribution in [1.82, 2.24) is 5.43 Å². The summed E-state index contributed by atoms with van der Waals surface area (Å²) in [7, 11) is 0. The molecule has 0 unspecified atom stereocenters. The van der Waals surface area contributed by atoms with Gasteiger partial charge in [0.2, 0.25) is 5.11 Å². The van der Waals surface area contributed by atoms with Gasteiger partial charge in [-0.25, -0.2) is 0 Å². The minimum Gasteiger partial charge on any atom is -0.328 e. The van der Waals surface area contributed by atoms with Gasteiger partial charge >= 0.3 is 0 Å². The third-order valence-electron chi connectivity index (χ3n) is 2.50. The first-order chi connectivity index (χ1) is 9.24. The molecule has 0 saturated heterocycles. The number of thiocarbonyl (C=S) groups is 1. The standard InChI is InChI=1S/C15H15N3S/c1-12-6-5-7-13(10-12)11-16-18-15(19)17-14-8-3-2-4-9-14/h2-11H,1H3,(H2,17,18,19)/p+1. The van der Waals surface area contributed by atoms with E-state index in [1.54, 1.807) is 0 Å². The van der Waals surface area contributed by atoms with Gasteiger partial charge in [0.05, 0.1) is 0 Å². The number of anilines is 1. The first-order valence-electron chi connectivity index (χ1n) is 6.01. The van der Waals surface area contributed by atoms with Crippen LogP contribution in [0.2, 0.25) is 0 Å². The fourth-order valence-electron chi connectivity index (χ4n) is 1.63. The molecule has 96 valence electrons. The molecule has 2 rings (SSSR count). The van der Waals surface area contributed by atoms with Crippen LogP contribution in [-0.2, 0) is 0 Å². The molecule has 0 aliphatic carbocycles. The monoisotopic (exact) mass is 270 g/mol. The van der Waals surface area contributed by atoms with Crippen molar-refractivity contribution in [1.29, 1.82) is 0 Å². The normalized spacial score (nSPS) is 10.4. The maximum atomic E-state index is 5.17. The summed E-state index contributed by atoms with van der Waals surface area (Å²) in [4.78, 5) is 0. The van der Waals surface area contributed by atoms with E-state index in [9.17, 15) is 0 Å². The molecule has 0 spiro atoms. The second-order valence-corrected chi connectivity index (χ2v) is 4.56. The van der Waals surface area contributed by atoms with Gasteiger partial charge in [0.15, 0.2) is 6.21 Å². The Morgan fingerprint density at radius 2 is 1.89 bits per heavy atom.